The Balaban J connectivity index is 1.78. The number of carbonyl (C=O) groups excluding carboxylic acids is 1. The van der Waals surface area contributed by atoms with Gasteiger partial charge in [0, 0.05) is 23.0 Å². The molecule has 5 nitrogen and oxygen atoms in total. The van der Waals surface area contributed by atoms with Crippen molar-refractivity contribution in [2.75, 3.05) is 18.1 Å². The lowest BCUT2D eigenvalue weighted by Crippen LogP contribution is -2.16. The molecule has 2 aromatic rings. The lowest BCUT2D eigenvalue weighted by atomic mass is 10.1. The van der Waals surface area contributed by atoms with Crippen molar-refractivity contribution in [2.45, 2.75) is 26.3 Å². The number of Topliss-reactive ketones (excluding diaryl/α,β-unsaturated/α-hetero) is 1. The maximum atomic E-state index is 13.6. The zero-order chi connectivity index (χ0) is 18.2. The van der Waals surface area contributed by atoms with E-state index in [2.05, 4.69) is 0 Å². The number of hydrogen-bond donors (Lipinski definition) is 0. The molecule has 7 heteroatoms. The van der Waals surface area contributed by atoms with Crippen LogP contribution in [0.25, 0.3) is 0 Å². The molecular formula is C18H20FNO4S. The minimum Gasteiger partial charge on any atom is -0.482 e. The molecule has 2 heterocycles. The van der Waals surface area contributed by atoms with E-state index in [1.54, 1.807) is 25.1 Å². The fourth-order valence-corrected chi connectivity index (χ4v) is 5.08. The molecule has 1 atom stereocenters. The van der Waals surface area contributed by atoms with Crippen LogP contribution in [0.15, 0.2) is 30.3 Å². The van der Waals surface area contributed by atoms with E-state index < -0.39 is 15.7 Å². The van der Waals surface area contributed by atoms with Gasteiger partial charge in [-0.15, -0.1) is 0 Å². The molecule has 1 fully saturated rings. The number of carbonyl (C=O) groups is 1. The Morgan fingerprint density at radius 1 is 1.32 bits per heavy atom. The molecule has 0 aliphatic carbocycles. The van der Waals surface area contributed by atoms with Crippen LogP contribution in [0.1, 0.15) is 34.2 Å². The number of ether oxygens (including phenoxy) is 1. The molecule has 3 rings (SSSR count). The van der Waals surface area contributed by atoms with E-state index in [9.17, 15) is 17.6 Å². The standard InChI is InChI=1S/C18H20FNO4S/c1-12-9-15(13(2)20(12)14-7-8-25(22,23)11-14)17(21)10-24-18-6-4-3-5-16(18)19/h3-6,9,14H,7-8,10-11H2,1-2H3/t14-/m1/s1. The predicted octanol–water partition coefficient (Wildman–Crippen LogP) is 2.87. The number of hydrogen-bond acceptors (Lipinski definition) is 4. The highest BCUT2D eigenvalue weighted by atomic mass is 32.2. The second kappa shape index (κ2) is 6.63. The molecule has 0 saturated carbocycles. The van der Waals surface area contributed by atoms with Gasteiger partial charge in [0.1, 0.15) is 0 Å². The van der Waals surface area contributed by atoms with Crippen molar-refractivity contribution >= 4 is 15.6 Å². The summed E-state index contributed by atoms with van der Waals surface area (Å²) < 4.78 is 44.2. The Bertz CT molecular complexity index is 917. The molecule has 0 radical (unpaired) electrons. The predicted molar refractivity (Wildman–Crippen MR) is 92.4 cm³/mol. The number of nitrogens with zero attached hydrogens (tertiary/aromatic N) is 1. The Hall–Kier alpha value is -2.15. The first-order valence-electron chi connectivity index (χ1n) is 8.08. The van der Waals surface area contributed by atoms with Gasteiger partial charge in [0.15, 0.2) is 28.0 Å². The maximum Gasteiger partial charge on any atom is 0.202 e. The number of benzene rings is 1. The Morgan fingerprint density at radius 3 is 2.68 bits per heavy atom. The first kappa shape index (κ1) is 17.7. The lowest BCUT2D eigenvalue weighted by molar-refractivity contribution is 0.0918. The van der Waals surface area contributed by atoms with E-state index in [1.165, 1.54) is 12.1 Å². The molecule has 25 heavy (non-hydrogen) atoms. The van der Waals surface area contributed by atoms with Gasteiger partial charge in [-0.25, -0.2) is 12.8 Å². The molecule has 134 valence electrons. The van der Waals surface area contributed by atoms with Crippen LogP contribution in [0, 0.1) is 19.7 Å². The summed E-state index contributed by atoms with van der Waals surface area (Å²) >= 11 is 0. The van der Waals surface area contributed by atoms with E-state index in [0.29, 0.717) is 12.0 Å². The van der Waals surface area contributed by atoms with Crippen LogP contribution in [0.5, 0.6) is 5.75 Å². The molecule has 0 N–H and O–H groups in total. The number of sulfone groups is 1. The van der Waals surface area contributed by atoms with Crippen molar-refractivity contribution < 1.29 is 22.3 Å². The summed E-state index contributed by atoms with van der Waals surface area (Å²) in [5.74, 6) is -0.469. The highest BCUT2D eigenvalue weighted by Crippen LogP contribution is 2.29. The van der Waals surface area contributed by atoms with Crippen LogP contribution in [-0.2, 0) is 9.84 Å². The van der Waals surface area contributed by atoms with Gasteiger partial charge in [0.2, 0.25) is 5.78 Å². The fraction of sp³-hybridized carbons (Fsp3) is 0.389. The lowest BCUT2D eigenvalue weighted by Gasteiger charge is -2.16. The summed E-state index contributed by atoms with van der Waals surface area (Å²) in [4.78, 5) is 12.5. The number of aryl methyl sites for hydroxylation is 1. The van der Waals surface area contributed by atoms with Gasteiger partial charge in [-0.1, -0.05) is 12.1 Å². The molecule has 1 aromatic carbocycles. The minimum atomic E-state index is -3.01. The third-order valence-corrected chi connectivity index (χ3v) is 6.30. The van der Waals surface area contributed by atoms with E-state index in [-0.39, 0.29) is 35.7 Å². The second-order valence-electron chi connectivity index (χ2n) is 6.35. The third-order valence-electron chi connectivity index (χ3n) is 4.55. The SMILES string of the molecule is Cc1cc(C(=O)COc2ccccc2F)c(C)n1[C@@H]1CCS(=O)(=O)C1. The average Bonchev–Trinajstić information content (AvgIpc) is 3.05. The highest BCUT2D eigenvalue weighted by molar-refractivity contribution is 7.91. The Morgan fingerprint density at radius 2 is 2.04 bits per heavy atom. The quantitative estimate of drug-likeness (QED) is 0.764. The smallest absolute Gasteiger partial charge is 0.202 e. The van der Waals surface area contributed by atoms with Crippen LogP contribution in [-0.4, -0.2) is 36.9 Å². The number of halogens is 1. The summed E-state index contributed by atoms with van der Waals surface area (Å²) in [5, 5.41) is 0. The molecular weight excluding hydrogens is 345 g/mol. The molecule has 1 aliphatic rings. The molecule has 1 saturated heterocycles. The normalized spacial score (nSPS) is 19.1. The van der Waals surface area contributed by atoms with Gasteiger partial charge < -0.3 is 9.30 Å². The van der Waals surface area contributed by atoms with Crippen LogP contribution in [0.2, 0.25) is 0 Å². The second-order valence-corrected chi connectivity index (χ2v) is 8.58. The molecule has 1 aromatic heterocycles. The summed E-state index contributed by atoms with van der Waals surface area (Å²) in [5.41, 5.74) is 2.05. The minimum absolute atomic E-state index is 0.0338. The van der Waals surface area contributed by atoms with Gasteiger partial charge in [0.05, 0.1) is 11.5 Å². The molecule has 0 unspecified atom stereocenters. The van der Waals surface area contributed by atoms with E-state index in [4.69, 9.17) is 4.74 Å². The summed E-state index contributed by atoms with van der Waals surface area (Å²) in [6.07, 6.45) is 0.554. The van der Waals surface area contributed by atoms with Crippen LogP contribution in [0.4, 0.5) is 4.39 Å². The van der Waals surface area contributed by atoms with Crippen molar-refractivity contribution in [3.05, 3.63) is 53.1 Å². The van der Waals surface area contributed by atoms with E-state index >= 15 is 0 Å². The summed E-state index contributed by atoms with van der Waals surface area (Å²) in [7, 11) is -3.01. The Labute approximate surface area is 146 Å². The monoisotopic (exact) mass is 365 g/mol. The first-order valence-corrected chi connectivity index (χ1v) is 9.90. The van der Waals surface area contributed by atoms with Gasteiger partial charge in [-0.2, -0.15) is 0 Å². The van der Waals surface area contributed by atoms with Gasteiger partial charge in [-0.3, -0.25) is 4.79 Å². The summed E-state index contributed by atoms with van der Waals surface area (Å²) in [6.45, 7) is 3.38. The van der Waals surface area contributed by atoms with E-state index in [1.807, 2.05) is 11.5 Å². The summed E-state index contributed by atoms with van der Waals surface area (Å²) in [6, 6.07) is 7.52. The zero-order valence-corrected chi connectivity index (χ0v) is 15.0. The average molecular weight is 365 g/mol. The highest BCUT2D eigenvalue weighted by Gasteiger charge is 2.31. The molecule has 1 aliphatic heterocycles. The fourth-order valence-electron chi connectivity index (χ4n) is 3.38. The van der Waals surface area contributed by atoms with Gasteiger partial charge in [0.25, 0.3) is 0 Å². The van der Waals surface area contributed by atoms with Gasteiger partial charge in [-0.05, 0) is 38.5 Å². The van der Waals surface area contributed by atoms with Gasteiger partial charge >= 0.3 is 0 Å². The van der Waals surface area contributed by atoms with E-state index in [0.717, 1.165) is 11.4 Å². The zero-order valence-electron chi connectivity index (χ0n) is 14.2. The largest absolute Gasteiger partial charge is 0.482 e. The molecule has 0 spiro atoms. The van der Waals surface area contributed by atoms with Crippen molar-refractivity contribution in [1.29, 1.82) is 0 Å². The topological polar surface area (TPSA) is 65.4 Å². The van der Waals surface area contributed by atoms with Crippen LogP contribution >= 0.6 is 0 Å². The number of rotatable bonds is 5. The Kier molecular flexibility index (Phi) is 4.69. The number of ketones is 1. The van der Waals surface area contributed by atoms with Crippen molar-refractivity contribution in [2.24, 2.45) is 0 Å². The van der Waals surface area contributed by atoms with Crippen LogP contribution < -0.4 is 4.74 Å². The number of aromatic nitrogens is 1. The van der Waals surface area contributed by atoms with Crippen LogP contribution in [0.3, 0.4) is 0 Å². The molecule has 0 amide bonds. The third kappa shape index (κ3) is 3.61. The number of para-hydroxylation sites is 1. The molecule has 0 bridgehead atoms. The van der Waals surface area contributed by atoms with Crippen molar-refractivity contribution in [3.63, 3.8) is 0 Å². The maximum absolute atomic E-state index is 13.6. The first-order chi connectivity index (χ1) is 11.8. The van der Waals surface area contributed by atoms with Crippen molar-refractivity contribution in [3.8, 4) is 5.75 Å². The van der Waals surface area contributed by atoms with Crippen molar-refractivity contribution in [1.82, 2.24) is 4.57 Å².